The van der Waals surface area contributed by atoms with Crippen molar-refractivity contribution in [3.63, 3.8) is 0 Å². The van der Waals surface area contributed by atoms with Crippen molar-refractivity contribution in [2.45, 2.75) is 47.5 Å². The number of esters is 1. The number of hydrogen-bond donors (Lipinski definition) is 2. The first-order chi connectivity index (χ1) is 41.3. The maximum atomic E-state index is 15.6. The van der Waals surface area contributed by atoms with E-state index in [-0.39, 0.29) is 18.0 Å². The van der Waals surface area contributed by atoms with Crippen LogP contribution in [0.4, 0.5) is 9.93 Å². The average molecular weight is 1150 g/mol. The van der Waals surface area contributed by atoms with Gasteiger partial charge in [0.1, 0.15) is 29.3 Å². The molecule has 1 aromatic heterocycles. The number of carbonyl (C=O) groups is 4. The summed E-state index contributed by atoms with van der Waals surface area (Å²) in [6, 6.07) is 75.7. The number of ether oxygens (including phenoxy) is 2. The van der Waals surface area contributed by atoms with Gasteiger partial charge in [0.2, 0.25) is 11.5 Å². The summed E-state index contributed by atoms with van der Waals surface area (Å²) in [6.07, 6.45) is 0.391. The number of likely N-dealkylation sites (tertiary alicyclic amines) is 1. The molecule has 3 aliphatic rings. The van der Waals surface area contributed by atoms with Gasteiger partial charge in [-0.15, -0.1) is 23.1 Å². The molecule has 2 saturated heterocycles. The molecular weight excluding hydrogens is 1090 g/mol. The molecule has 3 aliphatic heterocycles. The molecule has 418 valence electrons. The molecule has 0 radical (unpaired) electrons. The molecule has 0 bridgehead atoms. The van der Waals surface area contributed by atoms with E-state index < -0.39 is 58.6 Å². The third kappa shape index (κ3) is 11.0. The van der Waals surface area contributed by atoms with Gasteiger partial charge in [-0.1, -0.05) is 248 Å². The van der Waals surface area contributed by atoms with Gasteiger partial charge in [-0.2, -0.15) is 0 Å². The number of nitrogens with zero attached hydrogens (tertiary/aromatic N) is 4. The maximum absolute atomic E-state index is 15.6. The van der Waals surface area contributed by atoms with Gasteiger partial charge >= 0.3 is 12.1 Å². The predicted octanol–water partition coefficient (Wildman–Crippen LogP) is 12.5. The van der Waals surface area contributed by atoms with Crippen LogP contribution in [-0.2, 0) is 39.8 Å². The van der Waals surface area contributed by atoms with Gasteiger partial charge in [0.05, 0.1) is 0 Å². The SMILES string of the molecule is O=C(NC1C(=O)N2C(C(=O)OC(c3ccccc3)c3ccccc3)C(COC(=O)N3CCCC3)=CS[C@@H]12)C(=NOC(c1ccccc1)(c1ccccc1)c1ccccc1)c1csc(NC(c2ccccc2)(c2ccccc2)c2ccccc2)n1. The van der Waals surface area contributed by atoms with E-state index in [2.05, 4.69) is 47.0 Å². The summed E-state index contributed by atoms with van der Waals surface area (Å²) in [5, 5.41) is 14.9. The summed E-state index contributed by atoms with van der Waals surface area (Å²) in [6.45, 7) is 0.870. The number of rotatable bonds is 19. The topological polar surface area (TPSA) is 152 Å². The Balaban J connectivity index is 0.925. The zero-order valence-corrected chi connectivity index (χ0v) is 47.2. The molecule has 0 saturated carbocycles. The van der Waals surface area contributed by atoms with Crippen molar-refractivity contribution in [3.05, 3.63) is 309 Å². The molecule has 2 unspecified atom stereocenters. The number of hydrogen-bond acceptors (Lipinski definition) is 12. The van der Waals surface area contributed by atoms with Crippen LogP contribution in [0.15, 0.2) is 264 Å². The molecule has 84 heavy (non-hydrogen) atoms. The summed E-state index contributed by atoms with van der Waals surface area (Å²) in [5.41, 5.74) is 4.47. The number of thiazole rings is 1. The predicted molar refractivity (Wildman–Crippen MR) is 327 cm³/mol. The molecule has 3 atom stereocenters. The smallest absolute Gasteiger partial charge is 0.410 e. The van der Waals surface area contributed by atoms with Crippen molar-refractivity contribution < 1.29 is 33.5 Å². The van der Waals surface area contributed by atoms with Gasteiger partial charge in [-0.3, -0.25) is 9.59 Å². The number of carbonyl (C=O) groups excluding carboxylic acids is 4. The second-order valence-corrected chi connectivity index (χ2v) is 22.4. The number of nitrogens with one attached hydrogen (secondary N) is 2. The normalized spacial score (nSPS) is 16.9. The number of amides is 3. The third-order valence-electron chi connectivity index (χ3n) is 15.4. The van der Waals surface area contributed by atoms with Crippen LogP contribution in [0.1, 0.15) is 69.1 Å². The molecule has 0 spiro atoms. The number of anilines is 1. The number of fused-ring (bicyclic) bond motifs is 1. The van der Waals surface area contributed by atoms with Crippen LogP contribution >= 0.6 is 23.1 Å². The summed E-state index contributed by atoms with van der Waals surface area (Å²) in [7, 11) is 0. The summed E-state index contributed by atoms with van der Waals surface area (Å²) >= 11 is 2.52. The quantitative estimate of drug-likeness (QED) is 0.0263. The Morgan fingerprint density at radius 1 is 0.607 bits per heavy atom. The van der Waals surface area contributed by atoms with Gasteiger partial charge in [-0.25, -0.2) is 14.6 Å². The third-order valence-corrected chi connectivity index (χ3v) is 17.4. The molecule has 0 aliphatic carbocycles. The first kappa shape index (κ1) is 55.0. The van der Waals surface area contributed by atoms with Crippen molar-refractivity contribution in [1.29, 1.82) is 0 Å². The lowest BCUT2D eigenvalue weighted by Crippen LogP contribution is -2.74. The largest absolute Gasteiger partial charge is 0.451 e. The standard InChI is InChI=1S/C69H58N6O7S2/c76-62(71-59-63(77)75-60(50(46-83-64(59)75)45-80-67(79)74-43-25-26-44-74)65(78)81-61(48-27-9-1-10-28-48)49-29-11-2-12-30-49)58(73-82-69(54-37-19-6-20-38-54,55-39-21-7-22-40-55)56-41-23-8-24-42-56)57-47-84-66(70-57)72-68(51-31-13-3-14-32-51,52-33-15-4-16-34-52)53-35-17-5-18-36-53/h1-24,27-42,46-47,59-61,64H,25-26,43-45H2,(H,70,72)(H,71,76)/t59?,60?,64-/m0/s1. The Morgan fingerprint density at radius 2 is 1.05 bits per heavy atom. The highest BCUT2D eigenvalue weighted by molar-refractivity contribution is 8.03. The first-order valence-corrected chi connectivity index (χ1v) is 29.7. The van der Waals surface area contributed by atoms with E-state index in [1.807, 2.05) is 206 Å². The minimum absolute atomic E-state index is 0.169. The van der Waals surface area contributed by atoms with Crippen LogP contribution in [-0.4, -0.2) is 81.5 Å². The van der Waals surface area contributed by atoms with Crippen molar-refractivity contribution >= 4 is 57.8 Å². The van der Waals surface area contributed by atoms with Crippen molar-refractivity contribution in [1.82, 2.24) is 20.1 Å². The van der Waals surface area contributed by atoms with Crippen LogP contribution in [0.2, 0.25) is 0 Å². The van der Waals surface area contributed by atoms with Gasteiger partial charge in [0, 0.05) is 40.7 Å². The Bertz CT molecular complexity index is 3550. The molecule has 8 aromatic carbocycles. The summed E-state index contributed by atoms with van der Waals surface area (Å²) in [4.78, 5) is 74.1. The number of thioether (sulfide) groups is 1. The molecule has 4 heterocycles. The molecular formula is C69H58N6O7S2. The van der Waals surface area contributed by atoms with Crippen LogP contribution in [0.25, 0.3) is 0 Å². The van der Waals surface area contributed by atoms with Crippen LogP contribution in [0.3, 0.4) is 0 Å². The fraction of sp³-hybridized carbons (Fsp3) is 0.159. The van der Waals surface area contributed by atoms with Gasteiger partial charge in [0.15, 0.2) is 23.0 Å². The maximum Gasteiger partial charge on any atom is 0.410 e. The molecule has 12 rings (SSSR count). The average Bonchev–Trinajstić information content (AvgIpc) is 1.62. The first-order valence-electron chi connectivity index (χ1n) is 27.8. The number of oxime groups is 1. The highest BCUT2D eigenvalue weighted by Gasteiger charge is 2.57. The molecule has 2 fully saturated rings. The Kier molecular flexibility index (Phi) is 16.3. The van der Waals surface area contributed by atoms with E-state index in [0.717, 1.165) is 57.3 Å². The van der Waals surface area contributed by atoms with Gasteiger partial charge < -0.3 is 34.7 Å². The van der Waals surface area contributed by atoms with Crippen LogP contribution in [0, 0.1) is 0 Å². The van der Waals surface area contributed by atoms with E-state index in [0.29, 0.717) is 23.8 Å². The lowest BCUT2D eigenvalue weighted by atomic mass is 9.77. The Labute approximate surface area is 495 Å². The molecule has 3 amide bonds. The summed E-state index contributed by atoms with van der Waals surface area (Å²) < 4.78 is 12.3. The minimum Gasteiger partial charge on any atom is -0.451 e. The number of β-lactam (4-membered cyclic amide) rings is 1. The van der Waals surface area contributed by atoms with Gasteiger partial charge in [0.25, 0.3) is 5.91 Å². The van der Waals surface area contributed by atoms with Crippen molar-refractivity contribution in [2.75, 3.05) is 25.0 Å². The number of benzene rings is 8. The zero-order valence-electron chi connectivity index (χ0n) is 45.6. The lowest BCUT2D eigenvalue weighted by Gasteiger charge is -2.51. The summed E-state index contributed by atoms with van der Waals surface area (Å²) in [5.74, 6) is -2.04. The van der Waals surface area contributed by atoms with Crippen molar-refractivity contribution in [3.8, 4) is 0 Å². The second kappa shape index (κ2) is 24.9. The monoisotopic (exact) mass is 1150 g/mol. The van der Waals surface area contributed by atoms with Crippen LogP contribution in [0.5, 0.6) is 0 Å². The Hall–Kier alpha value is -9.57. The lowest BCUT2D eigenvalue weighted by molar-refractivity contribution is -0.165. The fourth-order valence-corrected chi connectivity index (χ4v) is 13.3. The second-order valence-electron chi connectivity index (χ2n) is 20.5. The van der Waals surface area contributed by atoms with Gasteiger partial charge in [-0.05, 0) is 46.1 Å². The highest BCUT2D eigenvalue weighted by atomic mass is 32.2. The Morgan fingerprint density at radius 3 is 1.51 bits per heavy atom. The van der Waals surface area contributed by atoms with E-state index in [9.17, 15) is 9.59 Å². The van der Waals surface area contributed by atoms with E-state index in [1.165, 1.54) is 28.0 Å². The van der Waals surface area contributed by atoms with Crippen molar-refractivity contribution in [2.24, 2.45) is 5.16 Å². The fourth-order valence-electron chi connectivity index (χ4n) is 11.3. The van der Waals surface area contributed by atoms with E-state index >= 15 is 9.59 Å². The van der Waals surface area contributed by atoms with E-state index in [4.69, 9.17) is 24.5 Å². The molecule has 2 N–H and O–H groups in total. The molecule has 15 heteroatoms. The zero-order chi connectivity index (χ0) is 57.3. The molecule has 9 aromatic rings. The minimum atomic E-state index is -1.40. The highest BCUT2D eigenvalue weighted by Crippen LogP contribution is 2.45. The number of aromatic nitrogens is 1. The van der Waals surface area contributed by atoms with Crippen LogP contribution < -0.4 is 10.6 Å². The molecule has 13 nitrogen and oxygen atoms in total. The van der Waals surface area contributed by atoms with E-state index in [1.54, 1.807) is 15.7 Å².